The number of aryl methyl sites for hydroxylation is 1. The standard InChI is InChI=1S/C18H22N6/c1-12-21-17-6-4-13(9-18(17)22-12)16-7-5-15(23-24-16)11-20-14-3-2-8-19-10-14/h4-7,9,14,19-20H,2-3,8,10-11H2,1H3,(H,21,22). The molecular formula is C18H22N6. The summed E-state index contributed by atoms with van der Waals surface area (Å²) < 4.78 is 0. The van der Waals surface area contributed by atoms with Crippen LogP contribution in [0.5, 0.6) is 0 Å². The van der Waals surface area contributed by atoms with Gasteiger partial charge >= 0.3 is 0 Å². The van der Waals surface area contributed by atoms with E-state index in [9.17, 15) is 0 Å². The lowest BCUT2D eigenvalue weighted by Crippen LogP contribution is -2.42. The van der Waals surface area contributed by atoms with Crippen LogP contribution in [0, 0.1) is 6.92 Å². The van der Waals surface area contributed by atoms with Gasteiger partial charge in [-0.3, -0.25) is 0 Å². The monoisotopic (exact) mass is 322 g/mol. The van der Waals surface area contributed by atoms with E-state index in [4.69, 9.17) is 0 Å². The molecule has 0 amide bonds. The van der Waals surface area contributed by atoms with Gasteiger partial charge in [-0.2, -0.15) is 10.2 Å². The quantitative estimate of drug-likeness (QED) is 0.686. The lowest BCUT2D eigenvalue weighted by molar-refractivity contribution is 0.387. The highest BCUT2D eigenvalue weighted by Gasteiger charge is 2.12. The summed E-state index contributed by atoms with van der Waals surface area (Å²) in [5.74, 6) is 0.923. The van der Waals surface area contributed by atoms with E-state index in [1.54, 1.807) is 0 Å². The van der Waals surface area contributed by atoms with Crippen molar-refractivity contribution < 1.29 is 0 Å². The lowest BCUT2D eigenvalue weighted by atomic mass is 10.1. The molecule has 6 heteroatoms. The molecule has 1 unspecified atom stereocenters. The first-order valence-electron chi connectivity index (χ1n) is 8.51. The normalized spacial score (nSPS) is 18.1. The maximum absolute atomic E-state index is 4.43. The van der Waals surface area contributed by atoms with Crippen LogP contribution in [-0.2, 0) is 6.54 Å². The molecule has 0 spiro atoms. The van der Waals surface area contributed by atoms with Crippen LogP contribution in [0.4, 0.5) is 0 Å². The molecular weight excluding hydrogens is 300 g/mol. The first kappa shape index (κ1) is 15.2. The molecule has 1 fully saturated rings. The van der Waals surface area contributed by atoms with E-state index >= 15 is 0 Å². The highest BCUT2D eigenvalue weighted by atomic mass is 15.1. The molecule has 2 aromatic heterocycles. The maximum Gasteiger partial charge on any atom is 0.104 e. The van der Waals surface area contributed by atoms with Crippen LogP contribution in [-0.4, -0.2) is 39.3 Å². The van der Waals surface area contributed by atoms with Crippen LogP contribution < -0.4 is 10.6 Å². The lowest BCUT2D eigenvalue weighted by Gasteiger charge is -2.23. The predicted molar refractivity (Wildman–Crippen MR) is 94.6 cm³/mol. The van der Waals surface area contributed by atoms with Crippen LogP contribution in [0.25, 0.3) is 22.3 Å². The van der Waals surface area contributed by atoms with Gasteiger partial charge in [-0.1, -0.05) is 6.07 Å². The molecule has 0 bridgehead atoms. The van der Waals surface area contributed by atoms with Crippen LogP contribution in [0.3, 0.4) is 0 Å². The zero-order valence-electron chi connectivity index (χ0n) is 13.8. The van der Waals surface area contributed by atoms with Gasteiger partial charge < -0.3 is 15.6 Å². The number of nitrogens with zero attached hydrogens (tertiary/aromatic N) is 3. The Morgan fingerprint density at radius 1 is 1.21 bits per heavy atom. The van der Waals surface area contributed by atoms with Gasteiger partial charge in [0.2, 0.25) is 0 Å². The Morgan fingerprint density at radius 2 is 2.17 bits per heavy atom. The highest BCUT2D eigenvalue weighted by molar-refractivity contribution is 5.81. The zero-order chi connectivity index (χ0) is 16.4. The van der Waals surface area contributed by atoms with Gasteiger partial charge in [0.05, 0.1) is 22.4 Å². The molecule has 3 aromatic rings. The first-order chi connectivity index (χ1) is 11.8. The van der Waals surface area contributed by atoms with Gasteiger partial charge in [0.1, 0.15) is 5.82 Å². The molecule has 0 saturated carbocycles. The molecule has 24 heavy (non-hydrogen) atoms. The molecule has 1 aliphatic heterocycles. The summed E-state index contributed by atoms with van der Waals surface area (Å²) in [7, 11) is 0. The van der Waals surface area contributed by atoms with Crippen molar-refractivity contribution in [3.05, 3.63) is 41.9 Å². The van der Waals surface area contributed by atoms with Crippen molar-refractivity contribution in [3.63, 3.8) is 0 Å². The summed E-state index contributed by atoms with van der Waals surface area (Å²) >= 11 is 0. The third-order valence-electron chi connectivity index (χ3n) is 4.48. The molecule has 124 valence electrons. The van der Waals surface area contributed by atoms with Crippen molar-refractivity contribution in [2.75, 3.05) is 13.1 Å². The fourth-order valence-electron chi connectivity index (χ4n) is 3.18. The van der Waals surface area contributed by atoms with Crippen LogP contribution in [0.1, 0.15) is 24.4 Å². The minimum Gasteiger partial charge on any atom is -0.342 e. The molecule has 6 nitrogen and oxygen atoms in total. The van der Waals surface area contributed by atoms with Crippen molar-refractivity contribution in [2.24, 2.45) is 0 Å². The topological polar surface area (TPSA) is 78.5 Å². The summed E-state index contributed by atoms with van der Waals surface area (Å²) in [6.45, 7) is 4.89. The largest absolute Gasteiger partial charge is 0.342 e. The van der Waals surface area contributed by atoms with E-state index in [0.29, 0.717) is 6.04 Å². The Kier molecular flexibility index (Phi) is 4.23. The van der Waals surface area contributed by atoms with E-state index in [1.807, 2.05) is 31.2 Å². The maximum atomic E-state index is 4.43. The number of H-pyrrole nitrogens is 1. The Morgan fingerprint density at radius 3 is 2.96 bits per heavy atom. The predicted octanol–water partition coefficient (Wildman–Crippen LogP) is 2.17. The third-order valence-corrected chi connectivity index (χ3v) is 4.48. The number of nitrogens with one attached hydrogen (secondary N) is 3. The molecule has 0 aliphatic carbocycles. The van der Waals surface area contributed by atoms with Crippen molar-refractivity contribution in [1.29, 1.82) is 0 Å². The van der Waals surface area contributed by atoms with Crippen LogP contribution >= 0.6 is 0 Å². The first-order valence-corrected chi connectivity index (χ1v) is 8.51. The average Bonchev–Trinajstić information content (AvgIpc) is 3.00. The minimum atomic E-state index is 0.534. The summed E-state index contributed by atoms with van der Waals surface area (Å²) in [6, 6.07) is 10.7. The highest BCUT2D eigenvalue weighted by Crippen LogP contribution is 2.21. The second-order valence-electron chi connectivity index (χ2n) is 6.39. The van der Waals surface area contributed by atoms with Crippen molar-refractivity contribution in [3.8, 4) is 11.3 Å². The number of piperidine rings is 1. The number of fused-ring (bicyclic) bond motifs is 1. The van der Waals surface area contributed by atoms with Crippen LogP contribution in [0.2, 0.25) is 0 Å². The Bertz CT molecular complexity index is 817. The summed E-state index contributed by atoms with van der Waals surface area (Å²) in [4.78, 5) is 7.69. The zero-order valence-corrected chi connectivity index (χ0v) is 13.8. The minimum absolute atomic E-state index is 0.534. The number of hydrogen-bond donors (Lipinski definition) is 3. The number of benzene rings is 1. The SMILES string of the molecule is Cc1nc2ccc(-c3ccc(CNC4CCCNC4)nn3)cc2[nH]1. The van der Waals surface area contributed by atoms with Gasteiger partial charge in [-0.05, 0) is 50.6 Å². The van der Waals surface area contributed by atoms with E-state index in [-0.39, 0.29) is 0 Å². The fraction of sp³-hybridized carbons (Fsp3) is 0.389. The van der Waals surface area contributed by atoms with Crippen molar-refractivity contribution in [1.82, 2.24) is 30.8 Å². The average molecular weight is 322 g/mol. The molecule has 1 aromatic carbocycles. The smallest absolute Gasteiger partial charge is 0.104 e. The summed E-state index contributed by atoms with van der Waals surface area (Å²) in [6.07, 6.45) is 2.46. The molecule has 1 aliphatic rings. The molecule has 3 N–H and O–H groups in total. The third kappa shape index (κ3) is 3.29. The second-order valence-corrected chi connectivity index (χ2v) is 6.39. The number of rotatable bonds is 4. The molecule has 1 saturated heterocycles. The molecule has 3 heterocycles. The van der Waals surface area contributed by atoms with E-state index in [2.05, 4.69) is 36.9 Å². The van der Waals surface area contributed by atoms with E-state index in [1.165, 1.54) is 12.8 Å². The van der Waals surface area contributed by atoms with Crippen LogP contribution in [0.15, 0.2) is 30.3 Å². The van der Waals surface area contributed by atoms with Crippen molar-refractivity contribution in [2.45, 2.75) is 32.4 Å². The fourth-order valence-corrected chi connectivity index (χ4v) is 3.18. The molecule has 0 radical (unpaired) electrons. The Balaban J connectivity index is 1.45. The molecule has 1 atom stereocenters. The van der Waals surface area contributed by atoms with Gasteiger partial charge in [-0.15, -0.1) is 0 Å². The van der Waals surface area contributed by atoms with Gasteiger partial charge in [0, 0.05) is 24.7 Å². The van der Waals surface area contributed by atoms with Gasteiger partial charge in [-0.25, -0.2) is 4.98 Å². The van der Waals surface area contributed by atoms with E-state index < -0.39 is 0 Å². The summed E-state index contributed by atoms with van der Waals surface area (Å²) in [5.41, 5.74) is 4.91. The van der Waals surface area contributed by atoms with E-state index in [0.717, 1.165) is 53.4 Å². The van der Waals surface area contributed by atoms with Gasteiger partial charge in [0.25, 0.3) is 0 Å². The Labute approximate surface area is 141 Å². The molecule has 4 rings (SSSR count). The summed E-state index contributed by atoms with van der Waals surface area (Å²) in [5, 5.41) is 15.7. The number of aromatic amines is 1. The van der Waals surface area contributed by atoms with Crippen molar-refractivity contribution >= 4 is 11.0 Å². The number of hydrogen-bond acceptors (Lipinski definition) is 5. The number of imidazole rings is 1. The second kappa shape index (κ2) is 6.67. The number of aromatic nitrogens is 4. The van der Waals surface area contributed by atoms with Gasteiger partial charge in [0.15, 0.2) is 0 Å². The Hall–Kier alpha value is -2.31.